The smallest absolute Gasteiger partial charge is 0.245 e. The minimum Gasteiger partial charge on any atom is -0.345 e. The van der Waals surface area contributed by atoms with Crippen LogP contribution in [0.15, 0.2) is 0 Å². The minimum atomic E-state index is -0.732. The van der Waals surface area contributed by atoms with Gasteiger partial charge in [0.2, 0.25) is 17.7 Å². The molecule has 238 valence electrons. The van der Waals surface area contributed by atoms with E-state index in [0.717, 1.165) is 30.8 Å². The van der Waals surface area contributed by atoms with Gasteiger partial charge in [0.05, 0.1) is 19.1 Å². The first-order chi connectivity index (χ1) is 19.4. The molecule has 0 aromatic heterocycles. The van der Waals surface area contributed by atoms with Crippen molar-refractivity contribution in [2.45, 2.75) is 105 Å². The second-order valence-electron chi connectivity index (χ2n) is 10.1. The average molecular weight is 619 g/mol. The third-order valence-corrected chi connectivity index (χ3v) is 7.55. The summed E-state index contributed by atoms with van der Waals surface area (Å²) in [6.45, 7) is 11.2. The monoisotopic (exact) mass is 618 g/mol. The van der Waals surface area contributed by atoms with Gasteiger partial charge in [-0.3, -0.25) is 24.0 Å². The second kappa shape index (κ2) is 26.9. The topological polar surface area (TPSA) is 142 Å². The Kier molecular flexibility index (Phi) is 27.1. The van der Waals surface area contributed by atoms with Gasteiger partial charge >= 0.3 is 0 Å². The van der Waals surface area contributed by atoms with E-state index in [9.17, 15) is 28.8 Å². The molecule has 0 spiro atoms. The highest BCUT2D eigenvalue weighted by atomic mass is 32.2. The highest BCUT2D eigenvalue weighted by Crippen LogP contribution is 2.10. The van der Waals surface area contributed by atoms with Crippen molar-refractivity contribution in [1.82, 2.24) is 20.9 Å². The summed E-state index contributed by atoms with van der Waals surface area (Å²) in [5.41, 5.74) is 0. The van der Waals surface area contributed by atoms with Crippen LogP contribution in [0.25, 0.3) is 0 Å². The van der Waals surface area contributed by atoms with Gasteiger partial charge in [-0.2, -0.15) is 0 Å². The fourth-order valence-electron chi connectivity index (χ4n) is 3.66. The molecule has 0 saturated carbocycles. The van der Waals surface area contributed by atoms with Gasteiger partial charge in [0, 0.05) is 31.9 Å². The van der Waals surface area contributed by atoms with E-state index in [1.54, 1.807) is 14.0 Å². The maximum atomic E-state index is 13.0. The van der Waals surface area contributed by atoms with Gasteiger partial charge in [-0.05, 0) is 38.6 Å². The molecule has 12 heteroatoms. The van der Waals surface area contributed by atoms with Crippen molar-refractivity contribution >= 4 is 57.8 Å². The van der Waals surface area contributed by atoms with Crippen molar-refractivity contribution in [3.63, 3.8) is 0 Å². The Hall–Kier alpha value is -1.92. The van der Waals surface area contributed by atoms with Crippen LogP contribution in [-0.4, -0.2) is 89.4 Å². The van der Waals surface area contributed by atoms with Gasteiger partial charge in [0.25, 0.3) is 0 Å². The molecule has 0 aromatic rings. The molecule has 0 heterocycles. The molecular formula is C29H54N4O6S2. The minimum absolute atomic E-state index is 0.0931. The molecule has 0 rings (SSSR count). The standard InChI is InChI=1S/C22H40N4O5S.C7H14OS/c1-6-11-26(22(31)21(16(2)3)25-19(29)13-23-5)14-20(30)24-18(15-27)10-8-7-9-12-32-17(4)28;1-3-4-5-6-9-7(2)8/h15-16,18,21,23H,6-14H2,1-5H3,(H,24,30)(H,25,29);3-6H2,1-2H3. The van der Waals surface area contributed by atoms with Crippen molar-refractivity contribution < 1.29 is 28.8 Å². The fraction of sp³-hybridized carbons (Fsp3) is 0.793. The number of thioether (sulfide) groups is 2. The summed E-state index contributed by atoms with van der Waals surface area (Å²) < 4.78 is 0. The summed E-state index contributed by atoms with van der Waals surface area (Å²) in [7, 11) is 1.65. The normalized spacial score (nSPS) is 12.0. The van der Waals surface area contributed by atoms with Gasteiger partial charge in [-0.15, -0.1) is 0 Å². The lowest BCUT2D eigenvalue weighted by Crippen LogP contribution is -2.55. The SMILES string of the molecule is CCCCCSC(C)=O.CCCN(CC(=O)NC(C=O)CCCCCSC(C)=O)C(=O)C(NC(=O)CNC)C(C)C. The summed E-state index contributed by atoms with van der Waals surface area (Å²) >= 11 is 2.72. The predicted molar refractivity (Wildman–Crippen MR) is 170 cm³/mol. The Morgan fingerprint density at radius 2 is 1.39 bits per heavy atom. The molecule has 2 unspecified atom stereocenters. The number of likely N-dealkylation sites (N-methyl/N-ethyl adjacent to an activating group) is 1. The van der Waals surface area contributed by atoms with Crippen LogP contribution < -0.4 is 16.0 Å². The first kappa shape index (κ1) is 41.2. The van der Waals surface area contributed by atoms with Crippen molar-refractivity contribution in [1.29, 1.82) is 0 Å². The van der Waals surface area contributed by atoms with E-state index in [1.165, 1.54) is 54.6 Å². The van der Waals surface area contributed by atoms with E-state index < -0.39 is 18.0 Å². The molecule has 2 atom stereocenters. The third-order valence-electron chi connectivity index (χ3n) is 5.75. The lowest BCUT2D eigenvalue weighted by molar-refractivity contribution is -0.140. The van der Waals surface area contributed by atoms with E-state index in [1.807, 2.05) is 20.8 Å². The van der Waals surface area contributed by atoms with Crippen LogP contribution in [0.1, 0.15) is 92.9 Å². The van der Waals surface area contributed by atoms with Crippen LogP contribution >= 0.6 is 23.5 Å². The molecule has 0 aromatic carbocycles. The summed E-state index contributed by atoms with van der Waals surface area (Å²) in [4.78, 5) is 71.6. The zero-order valence-corrected chi connectivity index (χ0v) is 27.8. The molecule has 0 bridgehead atoms. The fourth-order valence-corrected chi connectivity index (χ4v) is 4.93. The molecular weight excluding hydrogens is 564 g/mol. The number of carbonyl (C=O) groups excluding carboxylic acids is 6. The van der Waals surface area contributed by atoms with Gasteiger partial charge in [0.15, 0.2) is 10.2 Å². The zero-order chi connectivity index (χ0) is 31.6. The number of nitrogens with one attached hydrogen (secondary N) is 3. The molecule has 3 amide bonds. The number of unbranched alkanes of at least 4 members (excludes halogenated alkanes) is 4. The Bertz CT molecular complexity index is 782. The summed E-state index contributed by atoms with van der Waals surface area (Å²) in [5.74, 6) is 0.608. The van der Waals surface area contributed by atoms with Crippen molar-refractivity contribution in [2.75, 3.05) is 38.2 Å². The van der Waals surface area contributed by atoms with Gasteiger partial charge in [-0.25, -0.2) is 0 Å². The lowest BCUT2D eigenvalue weighted by atomic mass is 10.0. The second-order valence-corrected chi connectivity index (χ2v) is 12.7. The third kappa shape index (κ3) is 24.4. The summed E-state index contributed by atoms with van der Waals surface area (Å²) in [6.07, 6.45) is 8.04. The molecule has 10 nitrogen and oxygen atoms in total. The summed E-state index contributed by atoms with van der Waals surface area (Å²) in [6, 6.07) is -1.34. The number of aldehydes is 1. The largest absolute Gasteiger partial charge is 0.345 e. The van der Waals surface area contributed by atoms with Crippen LogP contribution in [0.5, 0.6) is 0 Å². The van der Waals surface area contributed by atoms with Crippen LogP contribution in [0.4, 0.5) is 0 Å². The number of rotatable bonds is 21. The first-order valence-electron chi connectivity index (χ1n) is 14.7. The number of carbonyl (C=O) groups is 6. The highest BCUT2D eigenvalue weighted by molar-refractivity contribution is 8.13. The molecule has 41 heavy (non-hydrogen) atoms. The molecule has 3 N–H and O–H groups in total. The molecule has 0 fully saturated rings. The maximum Gasteiger partial charge on any atom is 0.245 e. The van der Waals surface area contributed by atoms with Crippen molar-refractivity contribution in [3.8, 4) is 0 Å². The Balaban J connectivity index is 0. The van der Waals surface area contributed by atoms with Crippen molar-refractivity contribution in [3.05, 3.63) is 0 Å². The quantitative estimate of drug-likeness (QED) is 0.130. The zero-order valence-electron chi connectivity index (χ0n) is 26.2. The molecule has 0 saturated heterocycles. The maximum absolute atomic E-state index is 13.0. The number of nitrogens with zero attached hydrogens (tertiary/aromatic N) is 1. The van der Waals surface area contributed by atoms with Crippen LogP contribution in [-0.2, 0) is 28.8 Å². The highest BCUT2D eigenvalue weighted by Gasteiger charge is 2.29. The van der Waals surface area contributed by atoms with E-state index in [0.29, 0.717) is 25.7 Å². The Morgan fingerprint density at radius 3 is 1.85 bits per heavy atom. The Morgan fingerprint density at radius 1 is 0.805 bits per heavy atom. The van der Waals surface area contributed by atoms with Crippen LogP contribution in [0, 0.1) is 5.92 Å². The van der Waals surface area contributed by atoms with Gasteiger partial charge in [0.1, 0.15) is 12.3 Å². The van der Waals surface area contributed by atoms with Crippen molar-refractivity contribution in [2.24, 2.45) is 5.92 Å². The lowest BCUT2D eigenvalue weighted by Gasteiger charge is -2.29. The summed E-state index contributed by atoms with van der Waals surface area (Å²) in [5, 5.41) is 8.50. The number of amides is 3. The Labute approximate surface area is 256 Å². The van der Waals surface area contributed by atoms with Gasteiger partial charge < -0.3 is 25.6 Å². The number of hydrogen-bond acceptors (Lipinski definition) is 9. The van der Waals surface area contributed by atoms with E-state index in [4.69, 9.17) is 0 Å². The molecule has 0 aliphatic heterocycles. The predicted octanol–water partition coefficient (Wildman–Crippen LogP) is 3.57. The van der Waals surface area contributed by atoms with Crippen LogP contribution in [0.3, 0.4) is 0 Å². The molecule has 0 aliphatic carbocycles. The molecule has 0 aliphatic rings. The van der Waals surface area contributed by atoms with E-state index in [2.05, 4.69) is 22.9 Å². The number of hydrogen-bond donors (Lipinski definition) is 3. The van der Waals surface area contributed by atoms with E-state index in [-0.39, 0.29) is 41.1 Å². The first-order valence-corrected chi connectivity index (χ1v) is 16.6. The molecule has 0 radical (unpaired) electrons. The van der Waals surface area contributed by atoms with Crippen LogP contribution in [0.2, 0.25) is 0 Å². The van der Waals surface area contributed by atoms with Gasteiger partial charge in [-0.1, -0.05) is 76.9 Å². The average Bonchev–Trinajstić information content (AvgIpc) is 2.90. The van der Waals surface area contributed by atoms with E-state index >= 15 is 0 Å².